The van der Waals surface area contributed by atoms with Crippen molar-refractivity contribution in [2.75, 3.05) is 19.8 Å². The van der Waals surface area contributed by atoms with Crippen molar-refractivity contribution >= 4 is 11.7 Å². The van der Waals surface area contributed by atoms with Crippen LogP contribution in [0.15, 0.2) is 0 Å². The van der Waals surface area contributed by atoms with E-state index in [1.165, 1.54) is 6.92 Å². The van der Waals surface area contributed by atoms with Gasteiger partial charge in [0.05, 0.1) is 25.7 Å². The molecule has 0 unspecified atom stereocenters. The van der Waals surface area contributed by atoms with E-state index < -0.39 is 0 Å². The number of amides is 1. The highest BCUT2D eigenvalue weighted by atomic mass is 16.5. The molecule has 0 aromatic rings. The molecule has 0 N–H and O–H groups in total. The number of ketones is 1. The second-order valence-corrected chi connectivity index (χ2v) is 3.39. The Hall–Kier alpha value is -0.900. The lowest BCUT2D eigenvalue weighted by Crippen LogP contribution is -2.47. The van der Waals surface area contributed by atoms with Gasteiger partial charge in [0.25, 0.3) is 0 Å². The fourth-order valence-corrected chi connectivity index (χ4v) is 1.41. The maximum Gasteiger partial charge on any atom is 0.230 e. The molecular formula is C9H15NO3. The summed E-state index contributed by atoms with van der Waals surface area (Å²) in [7, 11) is 0. The largest absolute Gasteiger partial charge is 0.377 e. The van der Waals surface area contributed by atoms with E-state index in [-0.39, 0.29) is 24.2 Å². The van der Waals surface area contributed by atoms with Gasteiger partial charge in [0, 0.05) is 6.54 Å². The summed E-state index contributed by atoms with van der Waals surface area (Å²) in [6.07, 6.45) is 0.0182. The molecule has 1 rings (SSSR count). The third-order valence-electron chi connectivity index (χ3n) is 2.09. The number of ether oxygens (including phenoxy) is 1. The van der Waals surface area contributed by atoms with E-state index >= 15 is 0 Å². The molecule has 1 fully saturated rings. The fraction of sp³-hybridized carbons (Fsp3) is 0.778. The van der Waals surface area contributed by atoms with E-state index in [0.29, 0.717) is 19.8 Å². The van der Waals surface area contributed by atoms with Crippen molar-refractivity contribution < 1.29 is 14.3 Å². The van der Waals surface area contributed by atoms with Gasteiger partial charge in [0.1, 0.15) is 5.78 Å². The minimum Gasteiger partial charge on any atom is -0.377 e. The van der Waals surface area contributed by atoms with E-state index in [1.54, 1.807) is 4.90 Å². The highest BCUT2D eigenvalue weighted by Crippen LogP contribution is 2.07. The number of Topliss-reactive ketones (excluding diaryl/α,β-unsaturated/α-hetero) is 1. The first-order chi connectivity index (χ1) is 6.11. The molecule has 0 aromatic carbocycles. The van der Waals surface area contributed by atoms with E-state index in [4.69, 9.17) is 4.74 Å². The molecule has 1 aliphatic heterocycles. The summed E-state index contributed by atoms with van der Waals surface area (Å²) in [5.74, 6) is -0.160. The Morgan fingerprint density at radius 3 is 2.77 bits per heavy atom. The van der Waals surface area contributed by atoms with Crippen LogP contribution in [-0.2, 0) is 14.3 Å². The van der Waals surface area contributed by atoms with E-state index in [2.05, 4.69) is 0 Å². The minimum absolute atomic E-state index is 0.0182. The number of carbonyl (C=O) groups excluding carboxylic acids is 2. The van der Waals surface area contributed by atoms with Crippen LogP contribution in [0.1, 0.15) is 20.3 Å². The quantitative estimate of drug-likeness (QED) is 0.578. The molecule has 1 aliphatic rings. The van der Waals surface area contributed by atoms with Crippen molar-refractivity contribution in [3.8, 4) is 0 Å². The molecule has 0 spiro atoms. The molecule has 74 valence electrons. The van der Waals surface area contributed by atoms with Gasteiger partial charge in [-0.3, -0.25) is 9.59 Å². The van der Waals surface area contributed by atoms with Crippen LogP contribution < -0.4 is 0 Å². The normalized spacial score (nSPS) is 22.9. The zero-order chi connectivity index (χ0) is 9.84. The molecule has 4 heteroatoms. The number of rotatable bonds is 2. The number of morpholine rings is 1. The van der Waals surface area contributed by atoms with Crippen molar-refractivity contribution in [2.24, 2.45) is 0 Å². The average Bonchev–Trinajstić information content (AvgIpc) is 2.03. The summed E-state index contributed by atoms with van der Waals surface area (Å²) in [6, 6.07) is 0.0978. The SMILES string of the molecule is CC(=O)CC(=O)N1CCOC[C@H]1C. The van der Waals surface area contributed by atoms with E-state index in [9.17, 15) is 9.59 Å². The van der Waals surface area contributed by atoms with Gasteiger partial charge in [-0.1, -0.05) is 0 Å². The second-order valence-electron chi connectivity index (χ2n) is 3.39. The number of hydrogen-bond donors (Lipinski definition) is 0. The van der Waals surface area contributed by atoms with E-state index in [0.717, 1.165) is 0 Å². The molecule has 1 heterocycles. The van der Waals surface area contributed by atoms with Gasteiger partial charge in [-0.2, -0.15) is 0 Å². The second kappa shape index (κ2) is 4.37. The van der Waals surface area contributed by atoms with Gasteiger partial charge in [0.15, 0.2) is 0 Å². The van der Waals surface area contributed by atoms with Crippen LogP contribution in [0.25, 0.3) is 0 Å². The minimum atomic E-state index is -0.0803. The standard InChI is InChI=1S/C9H15NO3/c1-7-6-13-4-3-10(7)9(12)5-8(2)11/h7H,3-6H2,1-2H3/t7-/m1/s1. The summed E-state index contributed by atoms with van der Waals surface area (Å²) in [5.41, 5.74) is 0. The Balaban J connectivity index is 2.48. The first kappa shape index (κ1) is 10.2. The predicted molar refractivity (Wildman–Crippen MR) is 47.3 cm³/mol. The summed E-state index contributed by atoms with van der Waals surface area (Å²) < 4.78 is 5.19. The molecule has 0 radical (unpaired) electrons. The van der Waals surface area contributed by atoms with Crippen LogP contribution in [0.5, 0.6) is 0 Å². The van der Waals surface area contributed by atoms with Gasteiger partial charge < -0.3 is 9.64 Å². The lowest BCUT2D eigenvalue weighted by Gasteiger charge is -2.33. The molecule has 1 saturated heterocycles. The maximum absolute atomic E-state index is 11.5. The van der Waals surface area contributed by atoms with E-state index in [1.807, 2.05) is 6.92 Å². The smallest absolute Gasteiger partial charge is 0.230 e. The Bertz CT molecular complexity index is 215. The average molecular weight is 185 g/mol. The zero-order valence-corrected chi connectivity index (χ0v) is 8.08. The summed E-state index contributed by atoms with van der Waals surface area (Å²) >= 11 is 0. The molecule has 4 nitrogen and oxygen atoms in total. The summed E-state index contributed by atoms with van der Waals surface area (Å²) in [6.45, 7) is 5.12. The molecule has 1 atom stereocenters. The maximum atomic E-state index is 11.5. The number of hydrogen-bond acceptors (Lipinski definition) is 3. The van der Waals surface area contributed by atoms with Gasteiger partial charge in [-0.25, -0.2) is 0 Å². The first-order valence-electron chi connectivity index (χ1n) is 4.48. The molecule has 0 aliphatic carbocycles. The van der Waals surface area contributed by atoms with Crippen LogP contribution in [0, 0.1) is 0 Å². The fourth-order valence-electron chi connectivity index (χ4n) is 1.41. The van der Waals surface area contributed by atoms with Crippen LogP contribution in [0.2, 0.25) is 0 Å². The van der Waals surface area contributed by atoms with Crippen LogP contribution in [0.3, 0.4) is 0 Å². The topological polar surface area (TPSA) is 46.6 Å². The Morgan fingerprint density at radius 1 is 1.54 bits per heavy atom. The molecule has 0 saturated carbocycles. The highest BCUT2D eigenvalue weighted by Gasteiger charge is 2.23. The molecule has 13 heavy (non-hydrogen) atoms. The van der Waals surface area contributed by atoms with Crippen LogP contribution in [-0.4, -0.2) is 42.4 Å². The third kappa shape index (κ3) is 2.81. The van der Waals surface area contributed by atoms with Crippen molar-refractivity contribution in [3.05, 3.63) is 0 Å². The monoisotopic (exact) mass is 185 g/mol. The van der Waals surface area contributed by atoms with Gasteiger partial charge in [-0.15, -0.1) is 0 Å². The summed E-state index contributed by atoms with van der Waals surface area (Å²) in [4.78, 5) is 23.9. The molecule has 0 aromatic heterocycles. The molecule has 1 amide bonds. The lowest BCUT2D eigenvalue weighted by molar-refractivity contribution is -0.141. The third-order valence-corrected chi connectivity index (χ3v) is 2.09. The lowest BCUT2D eigenvalue weighted by atomic mass is 10.2. The van der Waals surface area contributed by atoms with Gasteiger partial charge in [0.2, 0.25) is 5.91 Å². The van der Waals surface area contributed by atoms with Crippen LogP contribution in [0.4, 0.5) is 0 Å². The Labute approximate surface area is 77.8 Å². The Kier molecular flexibility index (Phi) is 3.42. The highest BCUT2D eigenvalue weighted by molar-refractivity contribution is 5.96. The van der Waals surface area contributed by atoms with Gasteiger partial charge in [-0.05, 0) is 13.8 Å². The van der Waals surface area contributed by atoms with Crippen molar-refractivity contribution in [2.45, 2.75) is 26.3 Å². The van der Waals surface area contributed by atoms with Crippen molar-refractivity contribution in [3.63, 3.8) is 0 Å². The molecule has 0 bridgehead atoms. The van der Waals surface area contributed by atoms with Crippen molar-refractivity contribution in [1.29, 1.82) is 0 Å². The van der Waals surface area contributed by atoms with Crippen molar-refractivity contribution in [1.82, 2.24) is 4.90 Å². The predicted octanol–water partition coefficient (Wildman–Crippen LogP) is 0.213. The Morgan fingerprint density at radius 2 is 2.23 bits per heavy atom. The number of carbonyl (C=O) groups is 2. The van der Waals surface area contributed by atoms with Gasteiger partial charge >= 0.3 is 0 Å². The zero-order valence-electron chi connectivity index (χ0n) is 8.08. The van der Waals surface area contributed by atoms with Crippen LogP contribution >= 0.6 is 0 Å². The number of nitrogens with zero attached hydrogens (tertiary/aromatic N) is 1. The molecular weight excluding hydrogens is 170 g/mol. The first-order valence-corrected chi connectivity index (χ1v) is 4.48. The summed E-state index contributed by atoms with van der Waals surface area (Å²) in [5, 5.41) is 0.